The second-order valence-electron chi connectivity index (χ2n) is 5.03. The van der Waals surface area contributed by atoms with Crippen LogP contribution in [-0.4, -0.2) is 45.1 Å². The van der Waals surface area contributed by atoms with Crippen molar-refractivity contribution in [1.29, 1.82) is 0 Å². The van der Waals surface area contributed by atoms with Gasteiger partial charge in [-0.3, -0.25) is 14.7 Å². The van der Waals surface area contributed by atoms with Gasteiger partial charge in [-0.1, -0.05) is 12.1 Å². The van der Waals surface area contributed by atoms with Crippen LogP contribution in [0.2, 0.25) is 0 Å². The summed E-state index contributed by atoms with van der Waals surface area (Å²) in [4.78, 5) is 25.3. The Labute approximate surface area is 113 Å². The van der Waals surface area contributed by atoms with Crippen molar-refractivity contribution < 1.29 is 14.0 Å². The molecule has 104 valence electrons. The molecule has 6 nitrogen and oxygen atoms in total. The lowest BCUT2D eigenvalue weighted by Crippen LogP contribution is -2.43. The number of fused-ring (bicyclic) bond motifs is 1. The van der Waals surface area contributed by atoms with Crippen LogP contribution in [0.25, 0.3) is 11.0 Å². The predicted octanol–water partition coefficient (Wildman–Crippen LogP) is 1.15. The zero-order valence-corrected chi connectivity index (χ0v) is 10.9. The zero-order valence-electron chi connectivity index (χ0n) is 10.9. The van der Waals surface area contributed by atoms with Gasteiger partial charge in [-0.2, -0.15) is 0 Å². The highest BCUT2D eigenvalue weighted by atomic mass is 19.1. The minimum absolute atomic E-state index is 0.0343. The first-order valence-corrected chi connectivity index (χ1v) is 6.38. The number of carbonyl (C=O) groups is 2. The van der Waals surface area contributed by atoms with Gasteiger partial charge in [0.25, 0.3) is 5.91 Å². The molecule has 2 heterocycles. The first-order chi connectivity index (χ1) is 9.56. The van der Waals surface area contributed by atoms with E-state index in [0.29, 0.717) is 30.5 Å². The molecule has 20 heavy (non-hydrogen) atoms. The molecule has 1 aliphatic rings. The Balaban J connectivity index is 1.92. The first kappa shape index (κ1) is 12.7. The fourth-order valence-corrected chi connectivity index (χ4v) is 2.40. The lowest BCUT2D eigenvalue weighted by Gasteiger charge is -2.30. The molecule has 1 aromatic carbocycles. The highest BCUT2D eigenvalue weighted by Crippen LogP contribution is 2.20. The molecule has 1 unspecified atom stereocenters. The Morgan fingerprint density at radius 3 is 3.05 bits per heavy atom. The average Bonchev–Trinajstić information content (AvgIpc) is 2.87. The smallest absolute Gasteiger partial charge is 0.256 e. The molecule has 1 amide bonds. The third-order valence-electron chi connectivity index (χ3n) is 3.60. The maximum atomic E-state index is 14.0. The van der Waals surface area contributed by atoms with Crippen molar-refractivity contribution in [1.82, 2.24) is 20.3 Å². The van der Waals surface area contributed by atoms with Crippen LogP contribution in [0.5, 0.6) is 0 Å². The highest BCUT2D eigenvalue weighted by Gasteiger charge is 2.28. The number of amides is 1. The highest BCUT2D eigenvalue weighted by molar-refractivity contribution is 5.98. The molecular formula is C13H13FN4O2. The van der Waals surface area contributed by atoms with Gasteiger partial charge < -0.3 is 4.90 Å². The Morgan fingerprint density at radius 1 is 1.50 bits per heavy atom. The zero-order chi connectivity index (χ0) is 14.3. The minimum atomic E-state index is -0.613. The van der Waals surface area contributed by atoms with Crippen molar-refractivity contribution in [3.8, 4) is 0 Å². The number of aromatic nitrogens is 3. The number of carbonyl (C=O) groups excluding carboxylic acids is 2. The van der Waals surface area contributed by atoms with E-state index in [2.05, 4.69) is 15.4 Å². The van der Waals surface area contributed by atoms with E-state index in [1.807, 2.05) is 0 Å². The number of benzene rings is 1. The number of H-pyrrole nitrogens is 1. The normalized spacial score (nSPS) is 19.6. The second-order valence-corrected chi connectivity index (χ2v) is 5.03. The maximum absolute atomic E-state index is 14.0. The third-order valence-corrected chi connectivity index (χ3v) is 3.60. The number of Topliss-reactive ketones (excluding diaryl/α,β-unsaturated/α-hetero) is 1. The van der Waals surface area contributed by atoms with E-state index in [9.17, 15) is 14.0 Å². The van der Waals surface area contributed by atoms with Gasteiger partial charge in [-0.15, -0.1) is 5.10 Å². The molecule has 1 saturated heterocycles. The number of piperidine rings is 1. The van der Waals surface area contributed by atoms with Crippen LogP contribution in [0, 0.1) is 11.7 Å². The van der Waals surface area contributed by atoms with Gasteiger partial charge in [0, 0.05) is 31.5 Å². The molecule has 0 aliphatic carbocycles. The van der Waals surface area contributed by atoms with Crippen LogP contribution in [0.4, 0.5) is 4.39 Å². The number of aromatic amines is 1. The summed E-state index contributed by atoms with van der Waals surface area (Å²) < 4.78 is 14.0. The summed E-state index contributed by atoms with van der Waals surface area (Å²) in [5, 5.41) is 9.89. The maximum Gasteiger partial charge on any atom is 0.256 e. The third kappa shape index (κ3) is 2.04. The van der Waals surface area contributed by atoms with E-state index in [-0.39, 0.29) is 17.3 Å². The number of hydrogen-bond donors (Lipinski definition) is 1. The Morgan fingerprint density at radius 2 is 2.30 bits per heavy atom. The summed E-state index contributed by atoms with van der Waals surface area (Å²) in [6.45, 7) is 2.44. The molecule has 7 heteroatoms. The average molecular weight is 276 g/mol. The molecule has 2 aromatic rings. The van der Waals surface area contributed by atoms with E-state index in [1.165, 1.54) is 17.0 Å². The van der Waals surface area contributed by atoms with Gasteiger partial charge in [0.15, 0.2) is 0 Å². The van der Waals surface area contributed by atoms with Crippen LogP contribution in [-0.2, 0) is 4.79 Å². The summed E-state index contributed by atoms with van der Waals surface area (Å²) in [5.74, 6) is -1.09. The van der Waals surface area contributed by atoms with Crippen molar-refractivity contribution in [2.75, 3.05) is 13.1 Å². The van der Waals surface area contributed by atoms with Gasteiger partial charge in [0.1, 0.15) is 17.1 Å². The van der Waals surface area contributed by atoms with E-state index < -0.39 is 11.7 Å². The summed E-state index contributed by atoms with van der Waals surface area (Å²) in [5.41, 5.74) is 0.852. The molecule has 1 aromatic heterocycles. The van der Waals surface area contributed by atoms with Crippen molar-refractivity contribution in [3.63, 3.8) is 0 Å². The molecule has 1 N–H and O–H groups in total. The van der Waals surface area contributed by atoms with Crippen LogP contribution >= 0.6 is 0 Å². The Hall–Kier alpha value is -2.31. The number of likely N-dealkylation sites (tertiary alicyclic amines) is 1. The molecule has 1 fully saturated rings. The summed E-state index contributed by atoms with van der Waals surface area (Å²) in [6.07, 6.45) is 0.320. The number of hydrogen-bond acceptors (Lipinski definition) is 4. The first-order valence-electron chi connectivity index (χ1n) is 6.38. The van der Waals surface area contributed by atoms with Crippen molar-refractivity contribution in [3.05, 3.63) is 23.5 Å². The largest absolute Gasteiger partial charge is 0.337 e. The fraction of sp³-hybridized carbons (Fsp3) is 0.385. The van der Waals surface area contributed by atoms with Crippen molar-refractivity contribution in [2.24, 2.45) is 5.92 Å². The molecular weight excluding hydrogens is 263 g/mol. The van der Waals surface area contributed by atoms with Gasteiger partial charge >= 0.3 is 0 Å². The van der Waals surface area contributed by atoms with E-state index in [0.717, 1.165) is 0 Å². The SMILES string of the molecule is CC1CN(C(=O)c2cc3nn[nH]c3cc2F)CCC1=O. The Kier molecular flexibility index (Phi) is 2.96. The summed E-state index contributed by atoms with van der Waals surface area (Å²) in [7, 11) is 0. The monoisotopic (exact) mass is 276 g/mol. The van der Waals surface area contributed by atoms with Crippen LogP contribution in [0.15, 0.2) is 12.1 Å². The Bertz CT molecular complexity index is 697. The molecule has 1 aliphatic heterocycles. The van der Waals surface area contributed by atoms with Gasteiger partial charge in [-0.05, 0) is 6.07 Å². The summed E-state index contributed by atoms with van der Waals surface area (Å²) in [6, 6.07) is 2.60. The molecule has 0 bridgehead atoms. The van der Waals surface area contributed by atoms with E-state index in [4.69, 9.17) is 0 Å². The fourth-order valence-electron chi connectivity index (χ4n) is 2.40. The van der Waals surface area contributed by atoms with Crippen LogP contribution in [0.3, 0.4) is 0 Å². The van der Waals surface area contributed by atoms with Gasteiger partial charge in [0.2, 0.25) is 0 Å². The second kappa shape index (κ2) is 4.66. The van der Waals surface area contributed by atoms with Gasteiger partial charge in [0.05, 0.1) is 11.1 Å². The standard InChI is InChI=1S/C13H13FN4O2/c1-7-6-18(3-2-12(7)19)13(20)8-4-10-11(5-9(8)14)16-17-15-10/h4-5,7H,2-3,6H2,1H3,(H,15,16,17). The van der Waals surface area contributed by atoms with Crippen LogP contribution in [0.1, 0.15) is 23.7 Å². The van der Waals surface area contributed by atoms with Crippen molar-refractivity contribution >= 4 is 22.7 Å². The number of halogens is 1. The molecule has 0 saturated carbocycles. The van der Waals surface area contributed by atoms with E-state index in [1.54, 1.807) is 6.92 Å². The number of nitrogens with one attached hydrogen (secondary N) is 1. The van der Waals surface area contributed by atoms with Crippen molar-refractivity contribution in [2.45, 2.75) is 13.3 Å². The number of ketones is 1. The molecule has 3 rings (SSSR count). The topological polar surface area (TPSA) is 79.0 Å². The number of rotatable bonds is 1. The molecule has 0 radical (unpaired) electrons. The molecule has 1 atom stereocenters. The van der Waals surface area contributed by atoms with Gasteiger partial charge in [-0.25, -0.2) is 4.39 Å². The van der Waals surface area contributed by atoms with Crippen LogP contribution < -0.4 is 0 Å². The number of nitrogens with zero attached hydrogens (tertiary/aromatic N) is 3. The minimum Gasteiger partial charge on any atom is -0.337 e. The summed E-state index contributed by atoms with van der Waals surface area (Å²) >= 11 is 0. The molecule has 0 spiro atoms. The quantitative estimate of drug-likeness (QED) is 0.847. The predicted molar refractivity (Wildman–Crippen MR) is 68.5 cm³/mol. The van der Waals surface area contributed by atoms with E-state index >= 15 is 0 Å². The lowest BCUT2D eigenvalue weighted by molar-refractivity contribution is -0.124. The lowest BCUT2D eigenvalue weighted by atomic mass is 9.98.